The van der Waals surface area contributed by atoms with Crippen LogP contribution < -0.4 is 0 Å². The smallest absolute Gasteiger partial charge is 0.358 e. The lowest BCUT2D eigenvalue weighted by Gasteiger charge is -2.33. The minimum absolute atomic E-state index is 0.198. The number of carbonyl (C=O) groups excluding carboxylic acids is 2. The first-order chi connectivity index (χ1) is 13.0. The van der Waals surface area contributed by atoms with Crippen molar-refractivity contribution in [3.63, 3.8) is 0 Å². The van der Waals surface area contributed by atoms with Crippen molar-refractivity contribution in [2.75, 3.05) is 13.2 Å². The Balaban J connectivity index is 1.61. The van der Waals surface area contributed by atoms with Gasteiger partial charge in [0.25, 0.3) is 5.91 Å². The number of imidazole rings is 1. The normalized spacial score (nSPS) is 16.4. The Hall–Kier alpha value is -2.75. The quantitative estimate of drug-likeness (QED) is 0.588. The molecule has 0 bridgehead atoms. The molecule has 0 aliphatic carbocycles. The Morgan fingerprint density at radius 3 is 2.89 bits per heavy atom. The Bertz CT molecular complexity index is 1040. The number of halogens is 1. The zero-order chi connectivity index (χ0) is 19.1. The van der Waals surface area contributed by atoms with E-state index in [1.54, 1.807) is 41.0 Å². The maximum absolute atomic E-state index is 13.0. The van der Waals surface area contributed by atoms with Gasteiger partial charge in [0.2, 0.25) is 0 Å². The fraction of sp³-hybridized carbons (Fsp3) is 0.353. The van der Waals surface area contributed by atoms with Gasteiger partial charge in [0.15, 0.2) is 17.0 Å². The maximum Gasteiger partial charge on any atom is 0.358 e. The number of hydrogen-bond acceptors (Lipinski definition) is 6. The Kier molecular flexibility index (Phi) is 4.42. The van der Waals surface area contributed by atoms with E-state index in [-0.39, 0.29) is 17.6 Å². The van der Waals surface area contributed by atoms with Crippen molar-refractivity contribution in [3.05, 3.63) is 46.3 Å². The van der Waals surface area contributed by atoms with Crippen molar-refractivity contribution in [2.24, 2.45) is 0 Å². The number of hydrogen-bond donors (Lipinski definition) is 0. The topological polar surface area (TPSA) is 94.6 Å². The average molecular weight is 433 g/mol. The highest BCUT2D eigenvalue weighted by Crippen LogP contribution is 2.26. The van der Waals surface area contributed by atoms with Crippen molar-refractivity contribution in [1.82, 2.24) is 29.0 Å². The van der Waals surface area contributed by atoms with Gasteiger partial charge in [-0.25, -0.2) is 19.3 Å². The van der Waals surface area contributed by atoms with Crippen LogP contribution in [0.15, 0.2) is 29.1 Å². The third kappa shape index (κ3) is 3.09. The standard InChI is InChI=1S/C17H17BrN6O3/c1-3-27-17(26)13-9-22-4-5-23(10(2)15(22)20-13)16(25)12-6-14-19-7-11(18)8-24(14)21-12/h6-10H,3-5H2,1-2H3. The minimum atomic E-state index is -0.457. The summed E-state index contributed by atoms with van der Waals surface area (Å²) in [5.74, 6) is -0.000164. The Morgan fingerprint density at radius 1 is 1.30 bits per heavy atom. The number of ether oxygens (including phenoxy) is 1. The van der Waals surface area contributed by atoms with Gasteiger partial charge < -0.3 is 14.2 Å². The van der Waals surface area contributed by atoms with E-state index in [1.807, 2.05) is 11.5 Å². The Morgan fingerprint density at radius 2 is 2.11 bits per heavy atom. The molecule has 4 heterocycles. The van der Waals surface area contributed by atoms with Crippen molar-refractivity contribution in [2.45, 2.75) is 26.4 Å². The predicted molar refractivity (Wildman–Crippen MR) is 98.3 cm³/mol. The minimum Gasteiger partial charge on any atom is -0.461 e. The molecule has 27 heavy (non-hydrogen) atoms. The van der Waals surface area contributed by atoms with Crippen LogP contribution in [0.1, 0.15) is 46.7 Å². The highest BCUT2D eigenvalue weighted by molar-refractivity contribution is 9.10. The molecule has 0 saturated carbocycles. The molecule has 3 aromatic heterocycles. The van der Waals surface area contributed by atoms with Gasteiger partial charge in [-0.1, -0.05) is 0 Å². The van der Waals surface area contributed by atoms with Gasteiger partial charge in [-0.05, 0) is 29.8 Å². The number of fused-ring (bicyclic) bond motifs is 2. The molecule has 1 aliphatic heterocycles. The van der Waals surface area contributed by atoms with Crippen LogP contribution >= 0.6 is 15.9 Å². The highest BCUT2D eigenvalue weighted by Gasteiger charge is 2.32. The van der Waals surface area contributed by atoms with Gasteiger partial charge in [0, 0.05) is 37.7 Å². The second-order valence-corrected chi connectivity index (χ2v) is 7.09. The molecule has 1 atom stereocenters. The van der Waals surface area contributed by atoms with Crippen LogP contribution in [0.3, 0.4) is 0 Å². The van der Waals surface area contributed by atoms with Crippen LogP contribution in [0, 0.1) is 0 Å². The van der Waals surface area contributed by atoms with Crippen molar-refractivity contribution in [3.8, 4) is 0 Å². The summed E-state index contributed by atoms with van der Waals surface area (Å²) in [5, 5.41) is 4.33. The van der Waals surface area contributed by atoms with E-state index in [1.165, 1.54) is 0 Å². The first kappa shape index (κ1) is 17.7. The molecule has 0 N–H and O–H groups in total. The molecule has 1 unspecified atom stereocenters. The number of amides is 1. The molecule has 1 aliphatic rings. The molecule has 1 amide bonds. The van der Waals surface area contributed by atoms with E-state index in [0.29, 0.717) is 36.9 Å². The molecule has 4 rings (SSSR count). The third-order valence-corrected chi connectivity index (χ3v) is 4.89. The molecule has 0 aromatic carbocycles. The van der Waals surface area contributed by atoms with Crippen LogP contribution in [0.2, 0.25) is 0 Å². The fourth-order valence-corrected chi connectivity index (χ4v) is 3.47. The highest BCUT2D eigenvalue weighted by atomic mass is 79.9. The van der Waals surface area contributed by atoms with Crippen molar-refractivity contribution < 1.29 is 14.3 Å². The van der Waals surface area contributed by atoms with Crippen LogP contribution in [-0.4, -0.2) is 54.1 Å². The second-order valence-electron chi connectivity index (χ2n) is 6.18. The number of rotatable bonds is 3. The monoisotopic (exact) mass is 432 g/mol. The number of nitrogens with zero attached hydrogens (tertiary/aromatic N) is 6. The van der Waals surface area contributed by atoms with Gasteiger partial charge in [0.1, 0.15) is 5.82 Å². The first-order valence-corrected chi connectivity index (χ1v) is 9.33. The van der Waals surface area contributed by atoms with Gasteiger partial charge in [-0.3, -0.25) is 4.79 Å². The molecule has 0 fully saturated rings. The SMILES string of the molecule is CCOC(=O)c1cn2c(n1)C(C)N(C(=O)c1cc3ncc(Br)cn3n1)CC2. The van der Waals surface area contributed by atoms with Gasteiger partial charge in [0.05, 0.1) is 17.1 Å². The van der Waals surface area contributed by atoms with Gasteiger partial charge in [-0.15, -0.1) is 0 Å². The van der Waals surface area contributed by atoms with Crippen molar-refractivity contribution in [1.29, 1.82) is 0 Å². The molecular formula is C17H17BrN6O3. The summed E-state index contributed by atoms with van der Waals surface area (Å²) in [6.45, 7) is 4.97. The van der Waals surface area contributed by atoms with Gasteiger partial charge in [-0.2, -0.15) is 5.10 Å². The lowest BCUT2D eigenvalue weighted by molar-refractivity contribution is 0.0519. The molecular weight excluding hydrogens is 416 g/mol. The van der Waals surface area contributed by atoms with Crippen molar-refractivity contribution >= 4 is 33.5 Å². The summed E-state index contributed by atoms with van der Waals surface area (Å²) in [6, 6.07) is 1.37. The number of esters is 1. The van der Waals surface area contributed by atoms with E-state index in [9.17, 15) is 9.59 Å². The molecule has 0 spiro atoms. The summed E-state index contributed by atoms with van der Waals surface area (Å²) in [7, 11) is 0. The Labute approximate surface area is 163 Å². The van der Waals surface area contributed by atoms with E-state index in [0.717, 1.165) is 4.47 Å². The predicted octanol–water partition coefficient (Wildman–Crippen LogP) is 2.08. The number of carbonyl (C=O) groups is 2. The van der Waals surface area contributed by atoms with E-state index in [2.05, 4.69) is 31.0 Å². The lowest BCUT2D eigenvalue weighted by Crippen LogP contribution is -2.41. The van der Waals surface area contributed by atoms with Gasteiger partial charge >= 0.3 is 5.97 Å². The molecule has 3 aromatic rings. The largest absolute Gasteiger partial charge is 0.461 e. The van der Waals surface area contributed by atoms with E-state index < -0.39 is 5.97 Å². The summed E-state index contributed by atoms with van der Waals surface area (Å²) in [5.41, 5.74) is 1.17. The summed E-state index contributed by atoms with van der Waals surface area (Å²) < 4.78 is 9.24. The molecule has 0 saturated heterocycles. The third-order valence-electron chi connectivity index (χ3n) is 4.48. The van der Waals surface area contributed by atoms with Crippen LogP contribution in [-0.2, 0) is 11.3 Å². The van der Waals surface area contributed by atoms with E-state index >= 15 is 0 Å². The second kappa shape index (κ2) is 6.76. The summed E-state index contributed by atoms with van der Waals surface area (Å²) in [4.78, 5) is 35.3. The molecule has 9 nitrogen and oxygen atoms in total. The molecule has 10 heteroatoms. The van der Waals surface area contributed by atoms with Crippen LogP contribution in [0.4, 0.5) is 0 Å². The lowest BCUT2D eigenvalue weighted by atomic mass is 10.2. The first-order valence-electron chi connectivity index (χ1n) is 8.54. The zero-order valence-electron chi connectivity index (χ0n) is 14.8. The van der Waals surface area contributed by atoms with Crippen LogP contribution in [0.5, 0.6) is 0 Å². The maximum atomic E-state index is 13.0. The summed E-state index contributed by atoms with van der Waals surface area (Å²) >= 11 is 3.34. The summed E-state index contributed by atoms with van der Waals surface area (Å²) in [6.07, 6.45) is 5.08. The fourth-order valence-electron chi connectivity index (χ4n) is 3.18. The molecule has 0 radical (unpaired) electrons. The number of aromatic nitrogens is 5. The van der Waals surface area contributed by atoms with E-state index in [4.69, 9.17) is 4.74 Å². The zero-order valence-corrected chi connectivity index (χ0v) is 16.4. The average Bonchev–Trinajstić information content (AvgIpc) is 3.26. The molecule has 140 valence electrons. The van der Waals surface area contributed by atoms with Crippen LogP contribution in [0.25, 0.3) is 5.65 Å².